The van der Waals surface area contributed by atoms with Crippen LogP contribution in [0.2, 0.25) is 5.02 Å². The molecule has 1 aliphatic carbocycles. The van der Waals surface area contributed by atoms with Crippen molar-refractivity contribution in [1.82, 2.24) is 4.90 Å². The van der Waals surface area contributed by atoms with Crippen LogP contribution in [0.3, 0.4) is 0 Å². The standard InChI is InChI=1S/C29H30ClF4NO4/c1-27(31,29(32,33)34)20-8-11-22-23(14-20)39-16-24-28(22,15-17-2-9-21(30)10-3-17)12-13-35(24)25(36)18-4-6-19(7-5-18)26(37)38/h2-3,8-11,14,18-19,24H,4-7,12-13,15-16H2,1H3,(H,37,38)/t18-,19-,24?,27?,28?. The van der Waals surface area contributed by atoms with E-state index in [1.54, 1.807) is 12.1 Å². The van der Waals surface area contributed by atoms with Gasteiger partial charge in [0.25, 0.3) is 0 Å². The molecule has 0 aromatic heterocycles. The van der Waals surface area contributed by atoms with Crippen molar-refractivity contribution in [3.63, 3.8) is 0 Å². The minimum atomic E-state index is -5.09. The van der Waals surface area contributed by atoms with Crippen LogP contribution in [-0.2, 0) is 27.1 Å². The number of likely N-dealkylation sites (tertiary alicyclic amines) is 1. The lowest BCUT2D eigenvalue weighted by Crippen LogP contribution is -2.53. The molecule has 0 radical (unpaired) electrons. The Bertz CT molecular complexity index is 1260. The van der Waals surface area contributed by atoms with E-state index >= 15 is 0 Å². The molecule has 0 spiro atoms. The average Bonchev–Trinajstić information content (AvgIpc) is 3.28. The Kier molecular flexibility index (Phi) is 7.10. The monoisotopic (exact) mass is 567 g/mol. The second-order valence-corrected chi connectivity index (χ2v) is 11.6. The molecule has 1 N–H and O–H groups in total. The van der Waals surface area contributed by atoms with E-state index in [-0.39, 0.29) is 30.2 Å². The Hall–Kier alpha value is -2.81. The van der Waals surface area contributed by atoms with Crippen LogP contribution in [0.1, 0.15) is 55.7 Å². The normalized spacial score (nSPS) is 28.2. The van der Waals surface area contributed by atoms with Crippen molar-refractivity contribution in [2.24, 2.45) is 11.8 Å². The molecule has 3 aliphatic rings. The predicted molar refractivity (Wildman–Crippen MR) is 136 cm³/mol. The van der Waals surface area contributed by atoms with Crippen molar-refractivity contribution in [3.05, 3.63) is 64.2 Å². The van der Waals surface area contributed by atoms with Crippen molar-refractivity contribution in [2.45, 2.75) is 68.8 Å². The molecule has 1 saturated carbocycles. The lowest BCUT2D eigenvalue weighted by molar-refractivity contribution is -0.228. The van der Waals surface area contributed by atoms with Crippen LogP contribution in [0.25, 0.3) is 0 Å². The summed E-state index contributed by atoms with van der Waals surface area (Å²) in [6.07, 6.45) is -2.15. The third kappa shape index (κ3) is 4.87. The van der Waals surface area contributed by atoms with Gasteiger partial charge in [0.1, 0.15) is 12.4 Å². The van der Waals surface area contributed by atoms with Gasteiger partial charge >= 0.3 is 12.1 Å². The summed E-state index contributed by atoms with van der Waals surface area (Å²) in [4.78, 5) is 26.9. The smallest absolute Gasteiger partial charge is 0.426 e. The maximum Gasteiger partial charge on any atom is 0.426 e. The number of benzene rings is 2. The SMILES string of the molecule is CC(F)(c1ccc2c(c1)OCC1N(C(=O)[C@H]3CC[C@H](C(=O)O)CC3)CCC21Cc1ccc(Cl)cc1)C(F)(F)F. The number of carbonyl (C=O) groups excluding carboxylic acids is 1. The first-order valence-corrected chi connectivity index (χ1v) is 13.5. The maximum absolute atomic E-state index is 14.8. The molecular formula is C29H30ClF4NO4. The Morgan fingerprint density at radius 3 is 2.31 bits per heavy atom. The molecule has 0 bridgehead atoms. The molecule has 2 aliphatic heterocycles. The molecule has 5 rings (SSSR count). The number of fused-ring (bicyclic) bond motifs is 3. The summed E-state index contributed by atoms with van der Waals surface area (Å²) in [5.41, 5.74) is -3.13. The molecule has 10 heteroatoms. The highest BCUT2D eigenvalue weighted by Crippen LogP contribution is 2.52. The maximum atomic E-state index is 14.8. The van der Waals surface area contributed by atoms with Gasteiger partial charge in [0.05, 0.1) is 12.0 Å². The summed E-state index contributed by atoms with van der Waals surface area (Å²) in [5, 5.41) is 9.89. The first-order valence-electron chi connectivity index (χ1n) is 13.1. The zero-order chi connectivity index (χ0) is 28.2. The number of alkyl halides is 4. The van der Waals surface area contributed by atoms with Gasteiger partial charge in [-0.1, -0.05) is 35.9 Å². The lowest BCUT2D eigenvalue weighted by Gasteiger charge is -2.44. The molecule has 2 aromatic rings. The number of carboxylic acid groups (broad SMARTS) is 1. The van der Waals surface area contributed by atoms with E-state index in [1.807, 2.05) is 17.0 Å². The van der Waals surface area contributed by atoms with Crippen molar-refractivity contribution in [1.29, 1.82) is 0 Å². The number of amides is 1. The number of halogens is 5. The number of carboxylic acids is 1. The number of hydrogen-bond acceptors (Lipinski definition) is 3. The Balaban J connectivity index is 1.49. The van der Waals surface area contributed by atoms with Crippen LogP contribution in [0.15, 0.2) is 42.5 Å². The number of rotatable bonds is 5. The van der Waals surface area contributed by atoms with E-state index in [0.717, 1.165) is 11.6 Å². The van der Waals surface area contributed by atoms with E-state index in [1.165, 1.54) is 12.1 Å². The fourth-order valence-corrected chi connectivity index (χ4v) is 6.66. The third-order valence-corrected chi connectivity index (χ3v) is 9.20. The van der Waals surface area contributed by atoms with Gasteiger partial charge in [-0.05, 0) is 69.2 Å². The summed E-state index contributed by atoms with van der Waals surface area (Å²) >= 11 is 6.09. The van der Waals surface area contributed by atoms with Crippen LogP contribution in [-0.4, -0.2) is 47.3 Å². The lowest BCUT2D eigenvalue weighted by atomic mass is 9.68. The van der Waals surface area contributed by atoms with Gasteiger partial charge in [0, 0.05) is 34.0 Å². The fourth-order valence-electron chi connectivity index (χ4n) is 6.54. The van der Waals surface area contributed by atoms with E-state index in [9.17, 15) is 32.3 Å². The van der Waals surface area contributed by atoms with Crippen molar-refractivity contribution >= 4 is 23.5 Å². The zero-order valence-corrected chi connectivity index (χ0v) is 22.2. The van der Waals surface area contributed by atoms with Crippen LogP contribution in [0, 0.1) is 11.8 Å². The Morgan fingerprint density at radius 2 is 1.69 bits per heavy atom. The summed E-state index contributed by atoms with van der Waals surface area (Å²) in [6, 6.07) is 10.7. The number of ether oxygens (including phenoxy) is 1. The molecule has 39 heavy (non-hydrogen) atoms. The Labute approximate surface area is 229 Å². The van der Waals surface area contributed by atoms with Gasteiger partial charge < -0.3 is 14.7 Å². The number of carbonyl (C=O) groups is 2. The highest BCUT2D eigenvalue weighted by molar-refractivity contribution is 6.30. The zero-order valence-electron chi connectivity index (χ0n) is 21.4. The third-order valence-electron chi connectivity index (χ3n) is 8.94. The van der Waals surface area contributed by atoms with Crippen LogP contribution in [0.5, 0.6) is 5.75 Å². The fraction of sp³-hybridized carbons (Fsp3) is 0.517. The van der Waals surface area contributed by atoms with Gasteiger partial charge in [0.2, 0.25) is 11.6 Å². The minimum Gasteiger partial charge on any atom is -0.491 e. The first-order chi connectivity index (χ1) is 18.3. The highest BCUT2D eigenvalue weighted by Gasteiger charge is 2.57. The van der Waals surface area contributed by atoms with Crippen molar-refractivity contribution < 1.29 is 37.0 Å². The van der Waals surface area contributed by atoms with Gasteiger partial charge in [0.15, 0.2) is 0 Å². The average molecular weight is 568 g/mol. The van der Waals surface area contributed by atoms with Crippen LogP contribution < -0.4 is 4.74 Å². The number of nitrogens with zero attached hydrogens (tertiary/aromatic N) is 1. The van der Waals surface area contributed by atoms with E-state index < -0.39 is 34.7 Å². The van der Waals surface area contributed by atoms with E-state index in [4.69, 9.17) is 16.3 Å². The summed E-state index contributed by atoms with van der Waals surface area (Å²) in [6.45, 7) is 0.998. The van der Waals surface area contributed by atoms with Gasteiger partial charge in [-0.2, -0.15) is 13.2 Å². The van der Waals surface area contributed by atoms with Gasteiger partial charge in [-0.25, -0.2) is 4.39 Å². The summed E-state index contributed by atoms with van der Waals surface area (Å²) < 4.78 is 61.1. The molecule has 2 heterocycles. The highest BCUT2D eigenvalue weighted by atomic mass is 35.5. The molecule has 5 nitrogen and oxygen atoms in total. The van der Waals surface area contributed by atoms with Gasteiger partial charge in [-0.15, -0.1) is 0 Å². The number of aliphatic carboxylic acids is 1. The molecule has 3 atom stereocenters. The molecular weight excluding hydrogens is 538 g/mol. The first kappa shape index (κ1) is 27.7. The molecule has 2 aromatic carbocycles. The largest absolute Gasteiger partial charge is 0.491 e. The number of hydrogen-bond donors (Lipinski definition) is 1. The van der Waals surface area contributed by atoms with Gasteiger partial charge in [-0.3, -0.25) is 9.59 Å². The summed E-state index contributed by atoms with van der Waals surface area (Å²) in [7, 11) is 0. The molecule has 210 valence electrons. The quantitative estimate of drug-likeness (QED) is 0.422. The van der Waals surface area contributed by atoms with Crippen LogP contribution >= 0.6 is 11.6 Å². The summed E-state index contributed by atoms with van der Waals surface area (Å²) in [5.74, 6) is -1.40. The Morgan fingerprint density at radius 1 is 1.05 bits per heavy atom. The second kappa shape index (κ2) is 9.98. The topological polar surface area (TPSA) is 66.8 Å². The molecule has 1 saturated heterocycles. The molecule has 3 unspecified atom stereocenters. The molecule has 2 fully saturated rings. The minimum absolute atomic E-state index is 0.0427. The predicted octanol–water partition coefficient (Wildman–Crippen LogP) is 6.45. The van der Waals surface area contributed by atoms with E-state index in [2.05, 4.69) is 0 Å². The molecule has 1 amide bonds. The second-order valence-electron chi connectivity index (χ2n) is 11.2. The van der Waals surface area contributed by atoms with Crippen molar-refractivity contribution in [3.8, 4) is 5.75 Å². The van der Waals surface area contributed by atoms with E-state index in [0.29, 0.717) is 62.6 Å². The van der Waals surface area contributed by atoms with Crippen molar-refractivity contribution in [2.75, 3.05) is 13.2 Å². The van der Waals surface area contributed by atoms with Crippen LogP contribution in [0.4, 0.5) is 17.6 Å².